The Labute approximate surface area is 154 Å². The summed E-state index contributed by atoms with van der Waals surface area (Å²) in [5.74, 6) is 0.242. The van der Waals surface area contributed by atoms with Crippen LogP contribution in [0.4, 0.5) is 0 Å². The van der Waals surface area contributed by atoms with Crippen LogP contribution in [0.3, 0.4) is 0 Å². The Kier molecular flexibility index (Phi) is 6.99. The van der Waals surface area contributed by atoms with E-state index in [1.54, 1.807) is 0 Å². The van der Waals surface area contributed by atoms with Gasteiger partial charge in [-0.25, -0.2) is 0 Å². The quantitative estimate of drug-likeness (QED) is 0.226. The molecule has 0 spiro atoms. The molecule has 0 saturated heterocycles. The molecule has 17 heavy (non-hydrogen) atoms. The molecule has 0 aliphatic rings. The predicted octanol–water partition coefficient (Wildman–Crippen LogP) is 3.37. The largest absolute Gasteiger partial charge is 0.491 e. The molecule has 96 valence electrons. The molecule has 0 bridgehead atoms. The van der Waals surface area contributed by atoms with Gasteiger partial charge >= 0.3 is 0 Å². The van der Waals surface area contributed by atoms with Gasteiger partial charge in [-0.2, -0.15) is 8.42 Å². The number of halogens is 4. The van der Waals surface area contributed by atoms with Gasteiger partial charge in [-0.1, -0.05) is 0 Å². The molecule has 0 amide bonds. The first kappa shape index (κ1) is 16.9. The summed E-state index contributed by atoms with van der Waals surface area (Å²) < 4.78 is 39.3. The SMILES string of the molecule is O=S(=O)(O)CCOc1cc(I)c(I)c(I)c1I. The van der Waals surface area contributed by atoms with E-state index in [4.69, 9.17) is 9.29 Å². The van der Waals surface area contributed by atoms with Crippen molar-refractivity contribution in [1.29, 1.82) is 0 Å². The lowest BCUT2D eigenvalue weighted by Crippen LogP contribution is -2.13. The van der Waals surface area contributed by atoms with Gasteiger partial charge in [0.05, 0.1) is 3.57 Å². The van der Waals surface area contributed by atoms with E-state index in [1.165, 1.54) is 0 Å². The molecule has 0 heterocycles. The second-order valence-corrected chi connectivity index (χ2v) is 8.90. The molecule has 0 radical (unpaired) electrons. The van der Waals surface area contributed by atoms with Gasteiger partial charge in [0.15, 0.2) is 0 Å². The zero-order chi connectivity index (χ0) is 13.2. The van der Waals surface area contributed by atoms with Gasteiger partial charge < -0.3 is 4.74 Å². The summed E-state index contributed by atoms with van der Waals surface area (Å²) in [5.41, 5.74) is 0. The molecule has 0 atom stereocenters. The highest BCUT2D eigenvalue weighted by Gasteiger charge is 2.13. The molecular weight excluding hydrogens is 700 g/mol. The van der Waals surface area contributed by atoms with Crippen LogP contribution in [0.1, 0.15) is 0 Å². The number of benzene rings is 1. The monoisotopic (exact) mass is 706 g/mol. The van der Waals surface area contributed by atoms with Gasteiger partial charge in [0, 0.05) is 10.7 Å². The van der Waals surface area contributed by atoms with E-state index in [0.717, 1.165) is 14.3 Å². The minimum absolute atomic E-state index is 0.0540. The number of hydrogen-bond donors (Lipinski definition) is 1. The summed E-state index contributed by atoms with van der Waals surface area (Å²) in [6.45, 7) is -0.0540. The van der Waals surface area contributed by atoms with Crippen LogP contribution >= 0.6 is 90.4 Å². The van der Waals surface area contributed by atoms with E-state index in [2.05, 4.69) is 90.4 Å². The molecule has 9 heteroatoms. The van der Waals surface area contributed by atoms with Crippen LogP contribution in [-0.2, 0) is 10.1 Å². The van der Waals surface area contributed by atoms with Crippen molar-refractivity contribution in [2.45, 2.75) is 0 Å². The van der Waals surface area contributed by atoms with Gasteiger partial charge in [-0.05, 0) is 96.4 Å². The molecule has 0 aliphatic carbocycles. The Morgan fingerprint density at radius 1 is 1.12 bits per heavy atom. The molecule has 1 rings (SSSR count). The maximum atomic E-state index is 10.6. The first-order valence-electron chi connectivity index (χ1n) is 4.13. The average molecular weight is 706 g/mol. The second kappa shape index (κ2) is 7.03. The first-order valence-corrected chi connectivity index (χ1v) is 10.1. The summed E-state index contributed by atoms with van der Waals surface area (Å²) in [7, 11) is -3.97. The third-order valence-electron chi connectivity index (χ3n) is 1.67. The van der Waals surface area contributed by atoms with E-state index in [-0.39, 0.29) is 6.61 Å². The Hall–Kier alpha value is 1.85. The van der Waals surface area contributed by atoms with Gasteiger partial charge in [0.25, 0.3) is 10.1 Å². The fraction of sp³-hybridized carbons (Fsp3) is 0.250. The van der Waals surface area contributed by atoms with Crippen LogP contribution in [0.5, 0.6) is 5.75 Å². The van der Waals surface area contributed by atoms with E-state index in [1.807, 2.05) is 6.07 Å². The zero-order valence-electron chi connectivity index (χ0n) is 8.08. The topological polar surface area (TPSA) is 63.6 Å². The Morgan fingerprint density at radius 3 is 2.24 bits per heavy atom. The van der Waals surface area contributed by atoms with Crippen molar-refractivity contribution in [2.24, 2.45) is 0 Å². The van der Waals surface area contributed by atoms with Gasteiger partial charge in [-0.3, -0.25) is 4.55 Å². The number of rotatable bonds is 4. The smallest absolute Gasteiger partial charge is 0.268 e. The molecule has 0 saturated carbocycles. The van der Waals surface area contributed by atoms with Gasteiger partial charge in [-0.15, -0.1) is 0 Å². The summed E-state index contributed by atoms with van der Waals surface area (Å²) in [6.07, 6.45) is 0. The van der Waals surface area contributed by atoms with Crippen molar-refractivity contribution in [2.75, 3.05) is 12.4 Å². The maximum Gasteiger partial charge on any atom is 0.268 e. The van der Waals surface area contributed by atoms with E-state index >= 15 is 0 Å². The van der Waals surface area contributed by atoms with Crippen LogP contribution in [0.25, 0.3) is 0 Å². The second-order valence-electron chi connectivity index (χ2n) is 2.93. The van der Waals surface area contributed by atoms with Crippen molar-refractivity contribution >= 4 is 100 Å². The van der Waals surface area contributed by atoms with Crippen molar-refractivity contribution in [3.8, 4) is 5.75 Å². The van der Waals surface area contributed by atoms with Crippen LogP contribution in [0.15, 0.2) is 6.07 Å². The van der Waals surface area contributed by atoms with E-state index in [9.17, 15) is 8.42 Å². The molecule has 0 unspecified atom stereocenters. The van der Waals surface area contributed by atoms with Crippen molar-refractivity contribution in [3.05, 3.63) is 20.3 Å². The normalized spacial score (nSPS) is 11.6. The molecule has 1 N–H and O–H groups in total. The van der Waals surface area contributed by atoms with Crippen molar-refractivity contribution in [1.82, 2.24) is 0 Å². The highest BCUT2D eigenvalue weighted by atomic mass is 127. The Morgan fingerprint density at radius 2 is 1.71 bits per heavy atom. The number of hydrogen-bond acceptors (Lipinski definition) is 3. The third-order valence-corrected chi connectivity index (χ3v) is 9.57. The average Bonchev–Trinajstić information content (AvgIpc) is 2.21. The summed E-state index contributed by atoms with van der Waals surface area (Å²) in [6, 6.07) is 1.86. The number of ether oxygens (including phenoxy) is 1. The predicted molar refractivity (Wildman–Crippen MR) is 99.2 cm³/mol. The van der Waals surface area contributed by atoms with Crippen LogP contribution < -0.4 is 4.74 Å². The Balaban J connectivity index is 2.86. The van der Waals surface area contributed by atoms with Crippen molar-refractivity contribution in [3.63, 3.8) is 0 Å². The molecule has 1 aromatic rings. The van der Waals surface area contributed by atoms with Gasteiger partial charge in [0.2, 0.25) is 0 Å². The maximum absolute atomic E-state index is 10.6. The Bertz CT molecular complexity index is 529. The van der Waals surface area contributed by atoms with Gasteiger partial charge in [0.1, 0.15) is 18.1 Å². The molecule has 0 aromatic heterocycles. The summed E-state index contributed by atoms with van der Waals surface area (Å²) in [4.78, 5) is 0. The molecule has 1 aromatic carbocycles. The minimum atomic E-state index is -3.97. The van der Waals surface area contributed by atoms with E-state index in [0.29, 0.717) is 5.75 Å². The summed E-state index contributed by atoms with van der Waals surface area (Å²) >= 11 is 8.82. The third kappa shape index (κ3) is 5.39. The fourth-order valence-corrected chi connectivity index (χ4v) is 4.35. The van der Waals surface area contributed by atoms with Crippen LogP contribution in [0.2, 0.25) is 0 Å². The zero-order valence-corrected chi connectivity index (χ0v) is 17.5. The lowest BCUT2D eigenvalue weighted by Gasteiger charge is -2.11. The minimum Gasteiger partial charge on any atom is -0.491 e. The molecular formula is C8H6I4O4S. The fourth-order valence-electron chi connectivity index (χ4n) is 0.913. The molecule has 0 aliphatic heterocycles. The summed E-state index contributed by atoms with van der Waals surface area (Å²) in [5, 5.41) is 0. The molecule has 4 nitrogen and oxygen atoms in total. The first-order chi connectivity index (χ1) is 7.72. The van der Waals surface area contributed by atoms with Crippen LogP contribution in [0, 0.1) is 14.3 Å². The lowest BCUT2D eigenvalue weighted by atomic mass is 10.3. The highest BCUT2D eigenvalue weighted by Crippen LogP contribution is 2.33. The molecule has 0 fully saturated rings. The van der Waals surface area contributed by atoms with E-state index < -0.39 is 15.9 Å². The van der Waals surface area contributed by atoms with Crippen molar-refractivity contribution < 1.29 is 17.7 Å². The standard InChI is InChI=1S/C8H6I4O4S/c9-4-3-5(7(11)8(12)6(4)10)16-1-2-17(13,14)15/h3H,1-2H2,(H,13,14,15). The van der Waals surface area contributed by atoms with Crippen LogP contribution in [-0.4, -0.2) is 25.3 Å². The lowest BCUT2D eigenvalue weighted by molar-refractivity contribution is 0.333. The highest BCUT2D eigenvalue weighted by molar-refractivity contribution is 14.1.